The van der Waals surface area contributed by atoms with Gasteiger partial charge >= 0.3 is 0 Å². The van der Waals surface area contributed by atoms with Gasteiger partial charge in [-0.05, 0) is 61.7 Å². The molecular formula is C17H20FN. The highest BCUT2D eigenvalue weighted by Gasteiger charge is 2.17. The average molecular weight is 257 g/mol. The van der Waals surface area contributed by atoms with Crippen LogP contribution in [-0.2, 0) is 0 Å². The Hall–Kier alpha value is -1.67. The van der Waals surface area contributed by atoms with E-state index in [9.17, 15) is 4.39 Å². The molecule has 1 atom stereocenters. The molecule has 0 bridgehead atoms. The molecule has 19 heavy (non-hydrogen) atoms. The van der Waals surface area contributed by atoms with Crippen molar-refractivity contribution in [2.75, 3.05) is 7.05 Å². The normalized spacial score (nSPS) is 12.5. The zero-order valence-electron chi connectivity index (χ0n) is 11.9. The van der Waals surface area contributed by atoms with Crippen LogP contribution in [0.5, 0.6) is 0 Å². The molecule has 1 nitrogen and oxygen atoms in total. The molecule has 0 spiro atoms. The molecule has 2 aromatic rings. The van der Waals surface area contributed by atoms with Crippen molar-refractivity contribution in [2.24, 2.45) is 0 Å². The molecule has 0 heterocycles. The predicted octanol–water partition coefficient (Wildman–Crippen LogP) is 4.06. The first-order chi connectivity index (χ1) is 9.04. The van der Waals surface area contributed by atoms with Gasteiger partial charge in [-0.25, -0.2) is 4.39 Å². The second kappa shape index (κ2) is 5.54. The molecule has 0 aliphatic carbocycles. The van der Waals surface area contributed by atoms with E-state index in [-0.39, 0.29) is 11.9 Å². The summed E-state index contributed by atoms with van der Waals surface area (Å²) >= 11 is 0. The van der Waals surface area contributed by atoms with Gasteiger partial charge in [0.05, 0.1) is 6.04 Å². The lowest BCUT2D eigenvalue weighted by atomic mass is 9.91. The van der Waals surface area contributed by atoms with Crippen LogP contribution in [0.3, 0.4) is 0 Å². The molecule has 0 aromatic heterocycles. The maximum Gasteiger partial charge on any atom is 0.126 e. The highest BCUT2D eigenvalue weighted by atomic mass is 19.1. The maximum atomic E-state index is 13.8. The Kier molecular flexibility index (Phi) is 4.01. The van der Waals surface area contributed by atoms with Gasteiger partial charge in [-0.1, -0.05) is 30.3 Å². The zero-order valence-corrected chi connectivity index (χ0v) is 11.9. The highest BCUT2D eigenvalue weighted by molar-refractivity contribution is 5.42. The van der Waals surface area contributed by atoms with Crippen LogP contribution < -0.4 is 5.32 Å². The number of rotatable bonds is 3. The molecule has 2 heteroatoms. The number of benzene rings is 2. The topological polar surface area (TPSA) is 12.0 Å². The summed E-state index contributed by atoms with van der Waals surface area (Å²) in [6.07, 6.45) is 0. The minimum atomic E-state index is -0.149. The van der Waals surface area contributed by atoms with Crippen molar-refractivity contribution in [1.82, 2.24) is 5.32 Å². The van der Waals surface area contributed by atoms with Crippen LogP contribution in [0.4, 0.5) is 4.39 Å². The number of halogens is 1. The third-order valence-corrected chi connectivity index (χ3v) is 3.65. The molecule has 2 rings (SSSR count). The fourth-order valence-electron chi connectivity index (χ4n) is 2.55. The number of hydrogen-bond donors (Lipinski definition) is 1. The van der Waals surface area contributed by atoms with Crippen molar-refractivity contribution in [3.05, 3.63) is 70.0 Å². The summed E-state index contributed by atoms with van der Waals surface area (Å²) < 4.78 is 13.8. The van der Waals surface area contributed by atoms with Gasteiger partial charge in [0, 0.05) is 0 Å². The van der Waals surface area contributed by atoms with Gasteiger partial charge in [0.1, 0.15) is 5.82 Å². The summed E-state index contributed by atoms with van der Waals surface area (Å²) in [6.45, 7) is 5.97. The lowest BCUT2D eigenvalue weighted by Gasteiger charge is -2.22. The molecule has 2 aromatic carbocycles. The van der Waals surface area contributed by atoms with Gasteiger partial charge in [-0.3, -0.25) is 0 Å². The van der Waals surface area contributed by atoms with Crippen LogP contribution in [0, 0.1) is 26.6 Å². The zero-order chi connectivity index (χ0) is 14.0. The standard InChI is InChI=1S/C17H20FN/c1-11-8-9-14(10-15(11)18)17(19-4)16-12(2)6-5-7-13(16)3/h5-10,17,19H,1-4H3. The van der Waals surface area contributed by atoms with Crippen molar-refractivity contribution in [2.45, 2.75) is 26.8 Å². The molecule has 0 saturated carbocycles. The lowest BCUT2D eigenvalue weighted by molar-refractivity contribution is 0.607. The molecule has 0 saturated heterocycles. The molecule has 1 N–H and O–H groups in total. The molecule has 100 valence electrons. The number of hydrogen-bond acceptors (Lipinski definition) is 1. The second-order valence-corrected chi connectivity index (χ2v) is 5.04. The SMILES string of the molecule is CNC(c1ccc(C)c(F)c1)c1c(C)cccc1C. The summed E-state index contributed by atoms with van der Waals surface area (Å²) in [6, 6.07) is 11.7. The van der Waals surface area contributed by atoms with E-state index in [1.807, 2.05) is 19.2 Å². The fourth-order valence-corrected chi connectivity index (χ4v) is 2.55. The summed E-state index contributed by atoms with van der Waals surface area (Å²) in [7, 11) is 1.91. The van der Waals surface area contributed by atoms with E-state index in [0.717, 1.165) is 5.56 Å². The molecule has 0 aliphatic heterocycles. The van der Waals surface area contributed by atoms with Crippen molar-refractivity contribution in [1.29, 1.82) is 0 Å². The first kappa shape index (κ1) is 13.8. The maximum absolute atomic E-state index is 13.8. The van der Waals surface area contributed by atoms with Crippen LogP contribution >= 0.6 is 0 Å². The fraction of sp³-hybridized carbons (Fsp3) is 0.294. The molecular weight excluding hydrogens is 237 g/mol. The smallest absolute Gasteiger partial charge is 0.126 e. The van der Waals surface area contributed by atoms with E-state index < -0.39 is 0 Å². The number of nitrogens with one attached hydrogen (secondary N) is 1. The van der Waals surface area contributed by atoms with Crippen molar-refractivity contribution < 1.29 is 4.39 Å². The Morgan fingerprint density at radius 3 is 2.11 bits per heavy atom. The summed E-state index contributed by atoms with van der Waals surface area (Å²) in [5.41, 5.74) is 5.32. The third kappa shape index (κ3) is 2.69. The molecule has 0 radical (unpaired) electrons. The van der Waals surface area contributed by atoms with Gasteiger partial charge in [0.15, 0.2) is 0 Å². The van der Waals surface area contributed by atoms with Crippen LogP contribution in [0.15, 0.2) is 36.4 Å². The van der Waals surface area contributed by atoms with E-state index >= 15 is 0 Å². The van der Waals surface area contributed by atoms with Gasteiger partial charge in [-0.2, -0.15) is 0 Å². The van der Waals surface area contributed by atoms with Crippen LogP contribution in [-0.4, -0.2) is 7.05 Å². The van der Waals surface area contributed by atoms with E-state index in [0.29, 0.717) is 5.56 Å². The Balaban J connectivity index is 2.53. The number of aryl methyl sites for hydroxylation is 3. The summed E-state index contributed by atoms with van der Waals surface area (Å²) in [5, 5.41) is 3.30. The molecule has 0 aliphatic rings. The van der Waals surface area contributed by atoms with Crippen LogP contribution in [0.1, 0.15) is 33.9 Å². The summed E-state index contributed by atoms with van der Waals surface area (Å²) in [4.78, 5) is 0. The van der Waals surface area contributed by atoms with E-state index in [1.54, 1.807) is 13.0 Å². The van der Waals surface area contributed by atoms with Crippen LogP contribution in [0.2, 0.25) is 0 Å². The second-order valence-electron chi connectivity index (χ2n) is 5.04. The lowest BCUT2D eigenvalue weighted by Crippen LogP contribution is -2.20. The minimum absolute atomic E-state index is 0.0244. The van der Waals surface area contributed by atoms with Gasteiger partial charge in [0.2, 0.25) is 0 Å². The molecule has 0 amide bonds. The predicted molar refractivity (Wildman–Crippen MR) is 78.0 cm³/mol. The first-order valence-electron chi connectivity index (χ1n) is 6.54. The Morgan fingerprint density at radius 1 is 0.947 bits per heavy atom. The summed E-state index contributed by atoms with van der Waals surface area (Å²) in [5.74, 6) is -0.149. The van der Waals surface area contributed by atoms with Gasteiger partial charge in [-0.15, -0.1) is 0 Å². The van der Waals surface area contributed by atoms with Crippen LogP contribution in [0.25, 0.3) is 0 Å². The van der Waals surface area contributed by atoms with Gasteiger partial charge < -0.3 is 5.32 Å². The average Bonchev–Trinajstić information content (AvgIpc) is 2.37. The first-order valence-corrected chi connectivity index (χ1v) is 6.54. The van der Waals surface area contributed by atoms with Crippen molar-refractivity contribution >= 4 is 0 Å². The Labute approximate surface area is 114 Å². The van der Waals surface area contributed by atoms with Crippen molar-refractivity contribution in [3.8, 4) is 0 Å². The van der Waals surface area contributed by atoms with E-state index in [4.69, 9.17) is 0 Å². The highest BCUT2D eigenvalue weighted by Crippen LogP contribution is 2.28. The van der Waals surface area contributed by atoms with Gasteiger partial charge in [0.25, 0.3) is 0 Å². The monoisotopic (exact) mass is 257 g/mol. The Bertz CT molecular complexity index is 570. The van der Waals surface area contributed by atoms with E-state index in [1.165, 1.54) is 16.7 Å². The van der Waals surface area contributed by atoms with Crippen molar-refractivity contribution in [3.63, 3.8) is 0 Å². The largest absolute Gasteiger partial charge is 0.309 e. The molecule has 1 unspecified atom stereocenters. The minimum Gasteiger partial charge on any atom is -0.309 e. The Morgan fingerprint density at radius 2 is 1.58 bits per heavy atom. The molecule has 0 fully saturated rings. The van der Waals surface area contributed by atoms with E-state index in [2.05, 4.69) is 37.4 Å². The quantitative estimate of drug-likeness (QED) is 0.874. The third-order valence-electron chi connectivity index (χ3n) is 3.65.